The first kappa shape index (κ1) is 19.2. The zero-order valence-electron chi connectivity index (χ0n) is 14.3. The molecule has 2 N–H and O–H groups in total. The lowest BCUT2D eigenvalue weighted by atomic mass is 10.1. The molecule has 0 aromatic heterocycles. The summed E-state index contributed by atoms with van der Waals surface area (Å²) in [5.41, 5.74) is 0. The molecule has 0 aromatic rings. The van der Waals surface area contributed by atoms with Crippen molar-refractivity contribution in [1.29, 1.82) is 0 Å². The molecular formula is C15H32N4O2S. The fourth-order valence-electron chi connectivity index (χ4n) is 2.51. The molecule has 1 rings (SSSR count). The molecule has 6 nitrogen and oxygen atoms in total. The Labute approximate surface area is 135 Å². The van der Waals surface area contributed by atoms with Crippen LogP contribution in [0.5, 0.6) is 0 Å². The maximum Gasteiger partial charge on any atom is 0.191 e. The summed E-state index contributed by atoms with van der Waals surface area (Å²) in [5.74, 6) is 1.40. The van der Waals surface area contributed by atoms with Crippen LogP contribution in [0, 0.1) is 0 Å². The number of hydrogen-bond acceptors (Lipinski definition) is 4. The fraction of sp³-hybridized carbons (Fsp3) is 0.933. The minimum absolute atomic E-state index is 0.286. The molecule has 0 radical (unpaired) electrons. The second-order valence-corrected chi connectivity index (χ2v) is 8.34. The first-order valence-corrected chi connectivity index (χ1v) is 10.2. The van der Waals surface area contributed by atoms with Gasteiger partial charge in [0.05, 0.1) is 11.5 Å². The number of unbranched alkanes of at least 4 members (excludes halogenated alkanes) is 2. The summed E-state index contributed by atoms with van der Waals surface area (Å²) in [6.07, 6.45) is 4.91. The number of nitrogens with one attached hydrogen (secondary N) is 2. The van der Waals surface area contributed by atoms with Crippen LogP contribution in [0.15, 0.2) is 4.99 Å². The minimum atomic E-state index is -2.79. The highest BCUT2D eigenvalue weighted by Gasteiger charge is 2.20. The molecule has 1 aliphatic heterocycles. The van der Waals surface area contributed by atoms with E-state index in [1.54, 1.807) is 7.05 Å². The molecule has 7 heteroatoms. The van der Waals surface area contributed by atoms with Crippen molar-refractivity contribution in [3.8, 4) is 0 Å². The van der Waals surface area contributed by atoms with E-state index in [1.165, 1.54) is 19.3 Å². The molecule has 0 spiro atoms. The van der Waals surface area contributed by atoms with Crippen LogP contribution in [-0.2, 0) is 9.84 Å². The molecule has 0 amide bonds. The molecule has 1 heterocycles. The lowest BCUT2D eigenvalue weighted by Crippen LogP contribution is -2.47. The van der Waals surface area contributed by atoms with E-state index in [9.17, 15) is 8.42 Å². The van der Waals surface area contributed by atoms with E-state index >= 15 is 0 Å². The number of rotatable bonds is 8. The van der Waals surface area contributed by atoms with E-state index in [-0.39, 0.29) is 11.5 Å². The Kier molecular flexibility index (Phi) is 8.78. The van der Waals surface area contributed by atoms with Crippen molar-refractivity contribution in [2.75, 3.05) is 44.7 Å². The predicted molar refractivity (Wildman–Crippen MR) is 93.2 cm³/mol. The molecule has 0 aliphatic carbocycles. The fourth-order valence-corrected chi connectivity index (χ4v) is 3.78. The Morgan fingerprint density at radius 2 is 1.95 bits per heavy atom. The van der Waals surface area contributed by atoms with Crippen molar-refractivity contribution >= 4 is 15.8 Å². The van der Waals surface area contributed by atoms with Gasteiger partial charge in [0.15, 0.2) is 15.8 Å². The van der Waals surface area contributed by atoms with Crippen LogP contribution >= 0.6 is 0 Å². The zero-order valence-corrected chi connectivity index (χ0v) is 15.1. The second-order valence-electron chi connectivity index (χ2n) is 6.03. The predicted octanol–water partition coefficient (Wildman–Crippen LogP) is 0.851. The Hall–Kier alpha value is -0.820. The number of guanidine groups is 1. The third-order valence-corrected chi connectivity index (χ3v) is 5.61. The molecule has 0 aromatic carbocycles. The minimum Gasteiger partial charge on any atom is -0.355 e. The lowest BCUT2D eigenvalue weighted by molar-refractivity contribution is 0.299. The Morgan fingerprint density at radius 3 is 2.55 bits per heavy atom. The van der Waals surface area contributed by atoms with Gasteiger partial charge in [-0.25, -0.2) is 8.42 Å². The maximum absolute atomic E-state index is 11.4. The first-order chi connectivity index (χ1) is 10.5. The highest BCUT2D eigenvalue weighted by molar-refractivity contribution is 7.91. The van der Waals surface area contributed by atoms with Crippen molar-refractivity contribution in [3.63, 3.8) is 0 Å². The third-order valence-electron chi connectivity index (χ3n) is 4.00. The van der Waals surface area contributed by atoms with Crippen LogP contribution in [-0.4, -0.2) is 70.1 Å². The molecule has 0 bridgehead atoms. The van der Waals surface area contributed by atoms with E-state index in [4.69, 9.17) is 0 Å². The van der Waals surface area contributed by atoms with E-state index < -0.39 is 9.84 Å². The van der Waals surface area contributed by atoms with E-state index in [2.05, 4.69) is 34.4 Å². The summed E-state index contributed by atoms with van der Waals surface area (Å²) in [7, 11) is -1.01. The highest BCUT2D eigenvalue weighted by Crippen LogP contribution is 2.03. The number of aliphatic imine (C=N–C) groups is 1. The highest BCUT2D eigenvalue weighted by atomic mass is 32.2. The van der Waals surface area contributed by atoms with E-state index in [0.29, 0.717) is 19.1 Å². The van der Waals surface area contributed by atoms with Gasteiger partial charge in [-0.3, -0.25) is 9.89 Å². The summed E-state index contributed by atoms with van der Waals surface area (Å²) in [4.78, 5) is 6.43. The van der Waals surface area contributed by atoms with Crippen LogP contribution in [0.25, 0.3) is 0 Å². The van der Waals surface area contributed by atoms with Crippen LogP contribution in [0.2, 0.25) is 0 Å². The second kappa shape index (κ2) is 10.0. The summed E-state index contributed by atoms with van der Waals surface area (Å²) in [6.45, 7) is 7.30. The van der Waals surface area contributed by atoms with Gasteiger partial charge in [0.1, 0.15) is 0 Å². The smallest absolute Gasteiger partial charge is 0.191 e. The van der Waals surface area contributed by atoms with Gasteiger partial charge >= 0.3 is 0 Å². The molecule has 130 valence electrons. The largest absolute Gasteiger partial charge is 0.355 e. The van der Waals surface area contributed by atoms with Crippen LogP contribution in [0.1, 0.15) is 39.5 Å². The lowest BCUT2D eigenvalue weighted by Gasteiger charge is -2.27. The summed E-state index contributed by atoms with van der Waals surface area (Å²) >= 11 is 0. The molecule has 0 saturated carbocycles. The molecular weight excluding hydrogens is 300 g/mol. The Balaban J connectivity index is 2.19. The normalized spacial score (nSPS) is 20.6. The summed E-state index contributed by atoms with van der Waals surface area (Å²) in [6, 6.07) is 0.415. The molecule has 1 fully saturated rings. The van der Waals surface area contributed by atoms with Crippen molar-refractivity contribution in [1.82, 2.24) is 15.5 Å². The summed E-state index contributed by atoms with van der Waals surface area (Å²) < 4.78 is 22.8. The van der Waals surface area contributed by atoms with E-state index in [0.717, 1.165) is 25.5 Å². The van der Waals surface area contributed by atoms with Gasteiger partial charge in [0, 0.05) is 39.3 Å². The van der Waals surface area contributed by atoms with Crippen molar-refractivity contribution in [2.24, 2.45) is 4.99 Å². The molecule has 1 aliphatic rings. The van der Waals surface area contributed by atoms with Crippen molar-refractivity contribution in [2.45, 2.75) is 45.6 Å². The van der Waals surface area contributed by atoms with Crippen LogP contribution < -0.4 is 10.6 Å². The number of hydrogen-bond donors (Lipinski definition) is 2. The van der Waals surface area contributed by atoms with Gasteiger partial charge < -0.3 is 10.6 Å². The third kappa shape index (κ3) is 7.98. The number of sulfone groups is 1. The van der Waals surface area contributed by atoms with Crippen LogP contribution in [0.4, 0.5) is 0 Å². The molecule has 1 saturated heterocycles. The Morgan fingerprint density at radius 1 is 1.27 bits per heavy atom. The Bertz CT molecular complexity index is 423. The summed E-state index contributed by atoms with van der Waals surface area (Å²) in [5, 5.41) is 6.71. The SMILES string of the molecule is CCCCCC(C)NC(=NC)NCCN1CCS(=O)(=O)CC1. The van der Waals surface area contributed by atoms with Gasteiger partial charge in [0.2, 0.25) is 0 Å². The van der Waals surface area contributed by atoms with Gasteiger partial charge in [-0.05, 0) is 13.3 Å². The standard InChI is InChI=1S/C15H32N4O2S/c1-4-5-6-7-14(2)18-15(16-3)17-8-9-19-10-12-22(20,21)13-11-19/h14H,4-13H2,1-3H3,(H2,16,17,18). The average molecular weight is 333 g/mol. The zero-order chi connectivity index (χ0) is 16.4. The van der Waals surface area contributed by atoms with Gasteiger partial charge in [-0.15, -0.1) is 0 Å². The van der Waals surface area contributed by atoms with Crippen molar-refractivity contribution < 1.29 is 8.42 Å². The quantitative estimate of drug-likeness (QED) is 0.392. The monoisotopic (exact) mass is 332 g/mol. The first-order valence-electron chi connectivity index (χ1n) is 8.37. The van der Waals surface area contributed by atoms with Gasteiger partial charge in [0.25, 0.3) is 0 Å². The average Bonchev–Trinajstić information content (AvgIpc) is 2.48. The molecule has 1 atom stereocenters. The van der Waals surface area contributed by atoms with Crippen molar-refractivity contribution in [3.05, 3.63) is 0 Å². The van der Waals surface area contributed by atoms with E-state index in [1.807, 2.05) is 0 Å². The van der Waals surface area contributed by atoms with Gasteiger partial charge in [-0.2, -0.15) is 0 Å². The van der Waals surface area contributed by atoms with Gasteiger partial charge in [-0.1, -0.05) is 26.2 Å². The molecule has 22 heavy (non-hydrogen) atoms. The van der Waals surface area contributed by atoms with Crippen LogP contribution in [0.3, 0.4) is 0 Å². The topological polar surface area (TPSA) is 73.8 Å². The molecule has 1 unspecified atom stereocenters. The number of nitrogens with zero attached hydrogens (tertiary/aromatic N) is 2. The maximum atomic E-state index is 11.4.